The second-order valence-electron chi connectivity index (χ2n) is 4.12. The third-order valence-corrected chi connectivity index (χ3v) is 2.61. The van der Waals surface area contributed by atoms with Gasteiger partial charge in [0.25, 0.3) is 0 Å². The van der Waals surface area contributed by atoms with Gasteiger partial charge < -0.3 is 15.8 Å². The van der Waals surface area contributed by atoms with Crippen molar-refractivity contribution in [2.45, 2.75) is 26.0 Å². The molecule has 15 heavy (non-hydrogen) atoms. The monoisotopic (exact) mass is 204 g/mol. The topological polar surface area (TPSA) is 62.0 Å². The normalized spacial score (nSPS) is 15.5. The molecule has 2 rings (SSSR count). The van der Waals surface area contributed by atoms with Gasteiger partial charge in [0, 0.05) is 22.6 Å². The fourth-order valence-corrected chi connectivity index (χ4v) is 1.72. The molecule has 3 nitrogen and oxygen atoms in total. The maximum atomic E-state index is 9.81. The van der Waals surface area contributed by atoms with Gasteiger partial charge in [-0.05, 0) is 32.0 Å². The lowest BCUT2D eigenvalue weighted by atomic mass is 10.1. The number of H-pyrrole nitrogens is 1. The number of hydrogen-bond acceptors (Lipinski definition) is 2. The van der Waals surface area contributed by atoms with Crippen molar-refractivity contribution in [1.82, 2.24) is 4.98 Å². The zero-order valence-electron chi connectivity index (χ0n) is 8.99. The first-order valence-corrected chi connectivity index (χ1v) is 5.11. The van der Waals surface area contributed by atoms with Crippen molar-refractivity contribution in [3.8, 4) is 0 Å². The summed E-state index contributed by atoms with van der Waals surface area (Å²) in [4.78, 5) is 3.17. The quantitative estimate of drug-likeness (QED) is 0.699. The maximum Gasteiger partial charge on any atom is 0.108 e. The summed E-state index contributed by atoms with van der Waals surface area (Å²) >= 11 is 0. The Morgan fingerprint density at radius 2 is 2.07 bits per heavy atom. The minimum absolute atomic E-state index is 0.265. The van der Waals surface area contributed by atoms with E-state index in [1.165, 1.54) is 5.56 Å². The Balaban J connectivity index is 2.47. The molecule has 0 amide bonds. The first-order chi connectivity index (χ1) is 7.08. The van der Waals surface area contributed by atoms with Crippen LogP contribution in [0, 0.1) is 6.92 Å². The molecule has 2 atom stereocenters. The van der Waals surface area contributed by atoms with Crippen LogP contribution in [0.15, 0.2) is 24.3 Å². The second kappa shape index (κ2) is 3.68. The van der Waals surface area contributed by atoms with E-state index in [-0.39, 0.29) is 6.04 Å². The molecule has 80 valence electrons. The molecule has 1 heterocycles. The number of rotatable bonds is 2. The SMILES string of the molecule is Cc1ccc2[nH]c(C(O)C(C)N)cc2c1. The Hall–Kier alpha value is -1.32. The van der Waals surface area contributed by atoms with E-state index < -0.39 is 6.10 Å². The van der Waals surface area contributed by atoms with Crippen molar-refractivity contribution in [3.63, 3.8) is 0 Å². The molecule has 0 bridgehead atoms. The molecular weight excluding hydrogens is 188 g/mol. The van der Waals surface area contributed by atoms with Crippen molar-refractivity contribution in [2.24, 2.45) is 5.73 Å². The lowest BCUT2D eigenvalue weighted by Gasteiger charge is -2.11. The second-order valence-corrected chi connectivity index (χ2v) is 4.12. The maximum absolute atomic E-state index is 9.81. The van der Waals surface area contributed by atoms with Crippen LogP contribution in [0.2, 0.25) is 0 Å². The average molecular weight is 204 g/mol. The van der Waals surface area contributed by atoms with Gasteiger partial charge in [0.15, 0.2) is 0 Å². The minimum atomic E-state index is -0.627. The number of aliphatic hydroxyl groups is 1. The molecule has 3 heteroatoms. The third-order valence-electron chi connectivity index (χ3n) is 2.61. The number of benzene rings is 1. The summed E-state index contributed by atoms with van der Waals surface area (Å²) in [5, 5.41) is 10.9. The first-order valence-electron chi connectivity index (χ1n) is 5.11. The van der Waals surface area contributed by atoms with Gasteiger partial charge in [-0.3, -0.25) is 0 Å². The molecule has 0 aliphatic carbocycles. The largest absolute Gasteiger partial charge is 0.385 e. The van der Waals surface area contributed by atoms with Crippen LogP contribution in [0.25, 0.3) is 10.9 Å². The standard InChI is InChI=1S/C12H16N2O/c1-7-3-4-10-9(5-7)6-11(14-10)12(15)8(2)13/h3-6,8,12,14-15H,13H2,1-2H3. The molecule has 0 fully saturated rings. The molecule has 0 radical (unpaired) electrons. The Bertz CT molecular complexity index is 473. The predicted molar refractivity (Wildman–Crippen MR) is 61.6 cm³/mol. The highest BCUT2D eigenvalue weighted by Gasteiger charge is 2.14. The van der Waals surface area contributed by atoms with E-state index in [1.54, 1.807) is 6.92 Å². The molecule has 0 saturated heterocycles. The highest BCUT2D eigenvalue weighted by atomic mass is 16.3. The van der Waals surface area contributed by atoms with Gasteiger partial charge >= 0.3 is 0 Å². The van der Waals surface area contributed by atoms with Crippen molar-refractivity contribution < 1.29 is 5.11 Å². The van der Waals surface area contributed by atoms with Crippen LogP contribution < -0.4 is 5.73 Å². The van der Waals surface area contributed by atoms with E-state index in [9.17, 15) is 5.11 Å². The molecule has 2 aromatic rings. The number of aliphatic hydroxyl groups excluding tert-OH is 1. The summed E-state index contributed by atoms with van der Waals surface area (Å²) in [5.41, 5.74) is 8.68. The highest BCUT2D eigenvalue weighted by molar-refractivity contribution is 5.81. The van der Waals surface area contributed by atoms with Gasteiger partial charge in [0.05, 0.1) is 0 Å². The molecule has 0 aliphatic heterocycles. The van der Waals surface area contributed by atoms with Crippen LogP contribution in [0.5, 0.6) is 0 Å². The van der Waals surface area contributed by atoms with Crippen molar-refractivity contribution in [3.05, 3.63) is 35.5 Å². The third kappa shape index (κ3) is 1.89. The highest BCUT2D eigenvalue weighted by Crippen LogP contribution is 2.22. The summed E-state index contributed by atoms with van der Waals surface area (Å²) in [6.07, 6.45) is -0.627. The van der Waals surface area contributed by atoms with E-state index in [1.807, 2.05) is 25.1 Å². The van der Waals surface area contributed by atoms with E-state index in [0.29, 0.717) is 0 Å². The smallest absolute Gasteiger partial charge is 0.108 e. The first kappa shape index (κ1) is 10.2. The fourth-order valence-electron chi connectivity index (χ4n) is 1.72. The average Bonchev–Trinajstić information content (AvgIpc) is 2.58. The van der Waals surface area contributed by atoms with Crippen LogP contribution in [-0.2, 0) is 0 Å². The number of aromatic nitrogens is 1. The summed E-state index contributed by atoms with van der Waals surface area (Å²) in [7, 11) is 0. The zero-order valence-corrected chi connectivity index (χ0v) is 8.99. The molecule has 1 aromatic carbocycles. The summed E-state index contributed by atoms with van der Waals surface area (Å²) in [5.74, 6) is 0. The van der Waals surface area contributed by atoms with Gasteiger partial charge in [0.1, 0.15) is 6.10 Å². The summed E-state index contributed by atoms with van der Waals surface area (Å²) in [6.45, 7) is 3.84. The van der Waals surface area contributed by atoms with Crippen molar-refractivity contribution >= 4 is 10.9 Å². The van der Waals surface area contributed by atoms with Gasteiger partial charge in [-0.2, -0.15) is 0 Å². The lowest BCUT2D eigenvalue weighted by Crippen LogP contribution is -2.24. The molecule has 1 aromatic heterocycles. The van der Waals surface area contributed by atoms with Crippen LogP contribution in [0.3, 0.4) is 0 Å². The van der Waals surface area contributed by atoms with Crippen molar-refractivity contribution in [1.29, 1.82) is 0 Å². The Labute approximate surface area is 88.9 Å². The van der Waals surface area contributed by atoms with Crippen molar-refractivity contribution in [2.75, 3.05) is 0 Å². The predicted octanol–water partition coefficient (Wildman–Crippen LogP) is 1.86. The number of nitrogens with two attached hydrogens (primary N) is 1. The van der Waals surface area contributed by atoms with Crippen LogP contribution in [-0.4, -0.2) is 16.1 Å². The number of hydrogen-bond donors (Lipinski definition) is 3. The number of aromatic amines is 1. The van der Waals surface area contributed by atoms with Gasteiger partial charge in [-0.15, -0.1) is 0 Å². The van der Waals surface area contributed by atoms with E-state index >= 15 is 0 Å². The van der Waals surface area contributed by atoms with E-state index in [2.05, 4.69) is 11.1 Å². The minimum Gasteiger partial charge on any atom is -0.385 e. The molecule has 0 spiro atoms. The van der Waals surface area contributed by atoms with Crippen LogP contribution >= 0.6 is 0 Å². The summed E-state index contributed by atoms with van der Waals surface area (Å²) in [6, 6.07) is 7.84. The van der Waals surface area contributed by atoms with Gasteiger partial charge in [-0.1, -0.05) is 11.6 Å². The molecule has 4 N–H and O–H groups in total. The van der Waals surface area contributed by atoms with E-state index in [4.69, 9.17) is 5.73 Å². The molecule has 0 saturated carbocycles. The lowest BCUT2D eigenvalue weighted by molar-refractivity contribution is 0.149. The van der Waals surface area contributed by atoms with Gasteiger partial charge in [0.2, 0.25) is 0 Å². The van der Waals surface area contributed by atoms with Gasteiger partial charge in [-0.25, -0.2) is 0 Å². The molecular formula is C12H16N2O. The Morgan fingerprint density at radius 3 is 2.73 bits per heavy atom. The molecule has 2 unspecified atom stereocenters. The zero-order chi connectivity index (χ0) is 11.0. The summed E-state index contributed by atoms with van der Waals surface area (Å²) < 4.78 is 0. The Morgan fingerprint density at radius 1 is 1.33 bits per heavy atom. The number of fused-ring (bicyclic) bond motifs is 1. The van der Waals surface area contributed by atoms with E-state index in [0.717, 1.165) is 16.6 Å². The number of aryl methyl sites for hydroxylation is 1. The number of nitrogens with one attached hydrogen (secondary N) is 1. The Kier molecular flexibility index (Phi) is 2.50. The van der Waals surface area contributed by atoms with Crippen LogP contribution in [0.4, 0.5) is 0 Å². The fraction of sp³-hybridized carbons (Fsp3) is 0.333. The van der Waals surface area contributed by atoms with Crippen LogP contribution in [0.1, 0.15) is 24.3 Å². The molecule has 0 aliphatic rings.